The monoisotopic (exact) mass is 593 g/mol. The minimum atomic E-state index is -3.65. The normalized spacial score (nSPS) is 12.7. The Morgan fingerprint density at radius 3 is 2.24 bits per heavy atom. The number of nitrogens with one attached hydrogen (secondary N) is 1. The Balaban J connectivity index is 1.91. The molecule has 8 nitrogen and oxygen atoms in total. The number of hydrogen-bond acceptors (Lipinski definition) is 5. The van der Waals surface area contributed by atoms with E-state index in [0.29, 0.717) is 17.9 Å². The van der Waals surface area contributed by atoms with Crippen molar-refractivity contribution in [2.45, 2.75) is 65.1 Å². The van der Waals surface area contributed by atoms with Gasteiger partial charge in [0.15, 0.2) is 0 Å². The van der Waals surface area contributed by atoms with Crippen LogP contribution in [0.4, 0.5) is 5.69 Å². The van der Waals surface area contributed by atoms with Crippen LogP contribution >= 0.6 is 0 Å². The molecule has 0 aromatic heterocycles. The topological polar surface area (TPSA) is 96.0 Å². The number of sulfonamides is 1. The second-order valence-electron chi connectivity index (χ2n) is 10.6. The number of aryl methyl sites for hydroxylation is 1. The third-order valence-electron chi connectivity index (χ3n) is 7.38. The lowest BCUT2D eigenvalue weighted by atomic mass is 10.0. The maximum atomic E-state index is 14.0. The molecule has 0 radical (unpaired) electrons. The molecule has 0 bridgehead atoms. The highest BCUT2D eigenvalue weighted by molar-refractivity contribution is 7.92. The molecule has 3 aromatic carbocycles. The maximum absolute atomic E-state index is 14.0. The van der Waals surface area contributed by atoms with Gasteiger partial charge in [0.2, 0.25) is 21.8 Å². The highest BCUT2D eigenvalue weighted by Crippen LogP contribution is 2.30. The second-order valence-corrected chi connectivity index (χ2v) is 12.5. The number of benzene rings is 3. The van der Waals surface area contributed by atoms with Crippen LogP contribution in [0.3, 0.4) is 0 Å². The van der Waals surface area contributed by atoms with Crippen molar-refractivity contribution in [2.24, 2.45) is 0 Å². The Labute approximate surface area is 250 Å². The summed E-state index contributed by atoms with van der Waals surface area (Å²) in [6, 6.07) is 23.6. The first-order chi connectivity index (χ1) is 20.0. The molecule has 0 heterocycles. The van der Waals surface area contributed by atoms with Gasteiger partial charge in [0.05, 0.1) is 19.1 Å². The molecule has 9 heteroatoms. The Morgan fingerprint density at radius 2 is 1.60 bits per heavy atom. The van der Waals surface area contributed by atoms with E-state index >= 15 is 0 Å². The van der Waals surface area contributed by atoms with Gasteiger partial charge in [0, 0.05) is 32.0 Å². The molecular formula is C33H43N3O5S. The lowest BCUT2D eigenvalue weighted by Crippen LogP contribution is -2.52. The van der Waals surface area contributed by atoms with Crippen molar-refractivity contribution in [3.8, 4) is 5.75 Å². The average molecular weight is 594 g/mol. The summed E-state index contributed by atoms with van der Waals surface area (Å²) in [6.45, 7) is 6.29. The van der Waals surface area contributed by atoms with E-state index in [1.165, 1.54) is 11.4 Å². The first kappa shape index (κ1) is 32.7. The molecule has 42 heavy (non-hydrogen) atoms. The van der Waals surface area contributed by atoms with Crippen molar-refractivity contribution in [3.05, 3.63) is 95.6 Å². The van der Waals surface area contributed by atoms with Gasteiger partial charge in [-0.05, 0) is 55.5 Å². The van der Waals surface area contributed by atoms with Gasteiger partial charge in [-0.25, -0.2) is 8.42 Å². The standard InChI is InChI=1S/C33H43N3O5S/c1-6-26(3)34-33(38)30(23-27-16-8-7-9-17-27)35(24-28-18-11-10-15-25(28)2)32(37)21-14-22-36(42(5,39)40)29-19-12-13-20-31(29)41-4/h7-13,15-20,26,30H,6,14,21-24H2,1-5H3,(H,34,38)/t26-,30-/m0/s1. The predicted octanol–water partition coefficient (Wildman–Crippen LogP) is 5.10. The number of carbonyl (C=O) groups is 2. The van der Waals surface area contributed by atoms with E-state index in [-0.39, 0.29) is 43.8 Å². The van der Waals surface area contributed by atoms with E-state index < -0.39 is 16.1 Å². The van der Waals surface area contributed by atoms with Gasteiger partial charge in [0.25, 0.3) is 0 Å². The van der Waals surface area contributed by atoms with Crippen LogP contribution in [0.2, 0.25) is 0 Å². The van der Waals surface area contributed by atoms with Crippen LogP contribution in [-0.2, 0) is 32.6 Å². The molecule has 2 amide bonds. The summed E-state index contributed by atoms with van der Waals surface area (Å²) in [5, 5.41) is 3.08. The zero-order chi connectivity index (χ0) is 30.7. The quantitative estimate of drug-likeness (QED) is 0.264. The van der Waals surface area contributed by atoms with E-state index in [4.69, 9.17) is 4.74 Å². The first-order valence-corrected chi connectivity index (χ1v) is 16.2. The fraction of sp³-hybridized carbons (Fsp3) is 0.394. The lowest BCUT2D eigenvalue weighted by Gasteiger charge is -2.33. The number of hydrogen-bond donors (Lipinski definition) is 1. The number of ether oxygens (including phenoxy) is 1. The molecule has 1 N–H and O–H groups in total. The lowest BCUT2D eigenvalue weighted by molar-refractivity contribution is -0.141. The Hall–Kier alpha value is -3.85. The Bertz CT molecular complexity index is 1430. The minimum absolute atomic E-state index is 0.0460. The minimum Gasteiger partial charge on any atom is -0.495 e. The van der Waals surface area contributed by atoms with E-state index in [1.807, 2.05) is 75.4 Å². The number of nitrogens with zero attached hydrogens (tertiary/aromatic N) is 2. The third kappa shape index (κ3) is 9.08. The molecule has 3 rings (SSSR count). The highest BCUT2D eigenvalue weighted by atomic mass is 32.2. The van der Waals surface area contributed by atoms with Crippen molar-refractivity contribution in [3.63, 3.8) is 0 Å². The van der Waals surface area contributed by atoms with E-state index in [2.05, 4.69) is 5.32 Å². The molecule has 0 spiro atoms. The van der Waals surface area contributed by atoms with Crippen LogP contribution in [0.15, 0.2) is 78.9 Å². The van der Waals surface area contributed by atoms with Crippen LogP contribution in [0.1, 0.15) is 49.8 Å². The first-order valence-electron chi connectivity index (χ1n) is 14.3. The number of rotatable bonds is 15. The van der Waals surface area contributed by atoms with E-state index in [1.54, 1.807) is 29.2 Å². The van der Waals surface area contributed by atoms with Crippen LogP contribution in [0.5, 0.6) is 5.75 Å². The molecule has 0 fully saturated rings. The number of methoxy groups -OCH3 is 1. The summed E-state index contributed by atoms with van der Waals surface area (Å²) in [5.74, 6) is 0.00829. The average Bonchev–Trinajstić information content (AvgIpc) is 2.97. The molecule has 0 saturated heterocycles. The zero-order valence-electron chi connectivity index (χ0n) is 25.2. The highest BCUT2D eigenvalue weighted by Gasteiger charge is 2.31. The van der Waals surface area contributed by atoms with Gasteiger partial charge in [-0.15, -0.1) is 0 Å². The van der Waals surface area contributed by atoms with Crippen molar-refractivity contribution < 1.29 is 22.7 Å². The number of carbonyl (C=O) groups excluding carboxylic acids is 2. The maximum Gasteiger partial charge on any atom is 0.243 e. The summed E-state index contributed by atoms with van der Waals surface area (Å²) in [7, 11) is -2.16. The van der Waals surface area contributed by atoms with Crippen molar-refractivity contribution >= 4 is 27.5 Å². The fourth-order valence-corrected chi connectivity index (χ4v) is 5.75. The molecular weight excluding hydrogens is 550 g/mol. The van der Waals surface area contributed by atoms with Crippen molar-refractivity contribution in [1.29, 1.82) is 0 Å². The summed E-state index contributed by atoms with van der Waals surface area (Å²) in [4.78, 5) is 29.3. The summed E-state index contributed by atoms with van der Waals surface area (Å²) in [5.41, 5.74) is 3.34. The summed E-state index contributed by atoms with van der Waals surface area (Å²) >= 11 is 0. The van der Waals surface area contributed by atoms with Crippen LogP contribution in [0, 0.1) is 6.92 Å². The van der Waals surface area contributed by atoms with Gasteiger partial charge in [-0.2, -0.15) is 0 Å². The molecule has 0 aliphatic heterocycles. The molecule has 0 aliphatic carbocycles. The SMILES string of the molecule is CC[C@H](C)NC(=O)[C@H](Cc1ccccc1)N(Cc1ccccc1C)C(=O)CCCN(c1ccccc1OC)S(C)(=O)=O. The van der Waals surface area contributed by atoms with Gasteiger partial charge in [0.1, 0.15) is 11.8 Å². The van der Waals surface area contributed by atoms with E-state index in [9.17, 15) is 18.0 Å². The molecule has 0 unspecified atom stereocenters. The number of para-hydroxylation sites is 2. The summed E-state index contributed by atoms with van der Waals surface area (Å²) < 4.78 is 32.1. The van der Waals surface area contributed by atoms with Gasteiger partial charge in [-0.1, -0.05) is 73.7 Å². The predicted molar refractivity (Wildman–Crippen MR) is 168 cm³/mol. The van der Waals surface area contributed by atoms with E-state index in [0.717, 1.165) is 29.4 Å². The second kappa shape index (κ2) is 15.4. The number of anilines is 1. The molecule has 226 valence electrons. The fourth-order valence-electron chi connectivity index (χ4n) is 4.78. The molecule has 2 atom stereocenters. The Kier molecular flexibility index (Phi) is 12.0. The third-order valence-corrected chi connectivity index (χ3v) is 8.56. The zero-order valence-corrected chi connectivity index (χ0v) is 26.1. The van der Waals surface area contributed by atoms with Crippen molar-refractivity contribution in [2.75, 3.05) is 24.2 Å². The molecule has 0 aliphatic rings. The van der Waals surface area contributed by atoms with Gasteiger partial charge < -0.3 is 15.0 Å². The van der Waals surface area contributed by atoms with Crippen LogP contribution in [-0.4, -0.2) is 57.1 Å². The molecule has 0 saturated carbocycles. The number of amides is 2. The van der Waals surface area contributed by atoms with Crippen LogP contribution < -0.4 is 14.4 Å². The smallest absolute Gasteiger partial charge is 0.243 e. The van der Waals surface area contributed by atoms with Crippen LogP contribution in [0.25, 0.3) is 0 Å². The van der Waals surface area contributed by atoms with Gasteiger partial charge >= 0.3 is 0 Å². The summed E-state index contributed by atoms with van der Waals surface area (Å²) in [6.07, 6.45) is 2.59. The van der Waals surface area contributed by atoms with Crippen molar-refractivity contribution in [1.82, 2.24) is 10.2 Å². The molecule has 3 aromatic rings. The Morgan fingerprint density at radius 1 is 0.952 bits per heavy atom. The van der Waals surface area contributed by atoms with Gasteiger partial charge in [-0.3, -0.25) is 13.9 Å². The largest absolute Gasteiger partial charge is 0.495 e.